The molecule has 1 fully saturated rings. The number of thiocarbonyl (C=S) groups is 1. The van der Waals surface area contributed by atoms with Gasteiger partial charge in [-0.2, -0.15) is 0 Å². The Hall–Kier alpha value is -1.20. The molecule has 0 aliphatic heterocycles. The molecule has 5 heteroatoms. The quantitative estimate of drug-likeness (QED) is 0.778. The van der Waals surface area contributed by atoms with Gasteiger partial charge in [-0.25, -0.2) is 0 Å². The van der Waals surface area contributed by atoms with Crippen LogP contribution in [0.2, 0.25) is 0 Å². The molecule has 0 spiro atoms. The summed E-state index contributed by atoms with van der Waals surface area (Å²) in [6, 6.07) is 2.80. The molecule has 1 aromatic heterocycles. The van der Waals surface area contributed by atoms with Crippen LogP contribution in [0.4, 0.5) is 5.69 Å². The number of hydrogen-bond acceptors (Lipinski definition) is 4. The molecule has 1 aliphatic rings. The summed E-state index contributed by atoms with van der Waals surface area (Å²) in [7, 11) is 2.18. The number of likely N-dealkylation sites (N-methyl/N-ethyl adjacent to an activating group) is 1. The fourth-order valence-electron chi connectivity index (χ4n) is 2.34. The number of hydrogen-bond donors (Lipinski definition) is 2. The van der Waals surface area contributed by atoms with Crippen LogP contribution in [0.1, 0.15) is 29.8 Å². The minimum Gasteiger partial charge on any atom is -0.389 e. The Bertz CT molecular complexity index is 483. The minimum atomic E-state index is 0.406. The minimum absolute atomic E-state index is 0.406. The van der Waals surface area contributed by atoms with E-state index < -0.39 is 0 Å². The molecule has 1 heterocycles. The molecule has 0 aromatic carbocycles. The number of aryl methyl sites for hydroxylation is 2. The number of aromatic nitrogens is 1. The molecular formula is C14H22N4S. The van der Waals surface area contributed by atoms with Crippen LogP contribution in [-0.4, -0.2) is 41.1 Å². The maximum absolute atomic E-state index is 5.80. The lowest BCUT2D eigenvalue weighted by molar-refractivity contribution is 0.337. The Morgan fingerprint density at radius 2 is 2.21 bits per heavy atom. The second kappa shape index (κ2) is 5.84. The maximum Gasteiger partial charge on any atom is 0.107 e. The van der Waals surface area contributed by atoms with Crippen molar-refractivity contribution < 1.29 is 0 Å². The Balaban J connectivity index is 2.03. The van der Waals surface area contributed by atoms with Gasteiger partial charge in [0, 0.05) is 36.2 Å². The molecule has 0 unspecified atom stereocenters. The van der Waals surface area contributed by atoms with E-state index in [-0.39, 0.29) is 0 Å². The zero-order valence-electron chi connectivity index (χ0n) is 11.9. The zero-order chi connectivity index (χ0) is 14.0. The third kappa shape index (κ3) is 3.64. The predicted octanol–water partition coefficient (Wildman–Crippen LogP) is 1.84. The van der Waals surface area contributed by atoms with Crippen LogP contribution in [0.15, 0.2) is 6.07 Å². The van der Waals surface area contributed by atoms with E-state index in [1.807, 2.05) is 19.9 Å². The van der Waals surface area contributed by atoms with Crippen molar-refractivity contribution in [2.45, 2.75) is 32.7 Å². The fourth-order valence-corrected chi connectivity index (χ4v) is 2.60. The second-order valence-corrected chi connectivity index (χ2v) is 5.71. The molecule has 0 radical (unpaired) electrons. The Kier molecular flexibility index (Phi) is 4.37. The largest absolute Gasteiger partial charge is 0.389 e. The van der Waals surface area contributed by atoms with E-state index in [9.17, 15) is 0 Å². The van der Waals surface area contributed by atoms with Gasteiger partial charge in [0.25, 0.3) is 0 Å². The highest BCUT2D eigenvalue weighted by atomic mass is 32.1. The Morgan fingerprint density at radius 1 is 1.53 bits per heavy atom. The molecule has 104 valence electrons. The highest BCUT2D eigenvalue weighted by Crippen LogP contribution is 2.25. The summed E-state index contributed by atoms with van der Waals surface area (Å²) in [4.78, 5) is 7.22. The van der Waals surface area contributed by atoms with E-state index >= 15 is 0 Å². The van der Waals surface area contributed by atoms with Crippen LogP contribution >= 0.6 is 12.2 Å². The summed E-state index contributed by atoms with van der Waals surface area (Å²) in [6.07, 6.45) is 2.67. The predicted molar refractivity (Wildman–Crippen MR) is 83.7 cm³/mol. The summed E-state index contributed by atoms with van der Waals surface area (Å²) in [5.74, 6) is 0. The van der Waals surface area contributed by atoms with Crippen molar-refractivity contribution in [3.05, 3.63) is 23.0 Å². The number of nitrogens with two attached hydrogens (primary N) is 1. The lowest BCUT2D eigenvalue weighted by atomic mass is 10.1. The number of rotatable bonds is 6. The molecule has 0 atom stereocenters. The second-order valence-electron chi connectivity index (χ2n) is 5.27. The van der Waals surface area contributed by atoms with Crippen LogP contribution < -0.4 is 11.1 Å². The fraction of sp³-hybridized carbons (Fsp3) is 0.571. The SMILES string of the molecule is Cc1cc(NCCN(C)C2CC2)c(C(N)=S)c(C)n1. The molecule has 1 saturated carbocycles. The van der Waals surface area contributed by atoms with Crippen molar-refractivity contribution in [1.82, 2.24) is 9.88 Å². The lowest BCUT2D eigenvalue weighted by Crippen LogP contribution is -2.27. The molecule has 1 aliphatic carbocycles. The molecule has 0 amide bonds. The Labute approximate surface area is 120 Å². The third-order valence-corrected chi connectivity index (χ3v) is 3.73. The number of pyridine rings is 1. The molecule has 2 rings (SSSR count). The van der Waals surface area contributed by atoms with E-state index in [1.54, 1.807) is 0 Å². The van der Waals surface area contributed by atoms with Gasteiger partial charge in [0.15, 0.2) is 0 Å². The van der Waals surface area contributed by atoms with Gasteiger partial charge in [-0.15, -0.1) is 0 Å². The first kappa shape index (κ1) is 14.2. The van der Waals surface area contributed by atoms with E-state index in [0.29, 0.717) is 4.99 Å². The van der Waals surface area contributed by atoms with Crippen molar-refractivity contribution in [3.8, 4) is 0 Å². The van der Waals surface area contributed by atoms with E-state index in [1.165, 1.54) is 12.8 Å². The molecule has 1 aromatic rings. The van der Waals surface area contributed by atoms with E-state index in [0.717, 1.165) is 41.8 Å². The smallest absolute Gasteiger partial charge is 0.107 e. The van der Waals surface area contributed by atoms with Crippen molar-refractivity contribution in [2.24, 2.45) is 5.73 Å². The average Bonchev–Trinajstić information content (AvgIpc) is 3.10. The summed E-state index contributed by atoms with van der Waals surface area (Å²) >= 11 is 5.12. The zero-order valence-corrected chi connectivity index (χ0v) is 12.7. The van der Waals surface area contributed by atoms with Gasteiger partial charge in [0.05, 0.1) is 5.56 Å². The van der Waals surface area contributed by atoms with Crippen LogP contribution in [-0.2, 0) is 0 Å². The first-order valence-corrected chi connectivity index (χ1v) is 7.12. The molecule has 0 saturated heterocycles. The van der Waals surface area contributed by atoms with Crippen LogP contribution in [0, 0.1) is 13.8 Å². The molecule has 19 heavy (non-hydrogen) atoms. The van der Waals surface area contributed by atoms with Gasteiger partial charge in [-0.3, -0.25) is 4.98 Å². The van der Waals surface area contributed by atoms with Gasteiger partial charge in [-0.1, -0.05) is 12.2 Å². The third-order valence-electron chi connectivity index (χ3n) is 3.53. The highest BCUT2D eigenvalue weighted by molar-refractivity contribution is 7.80. The molecular weight excluding hydrogens is 256 g/mol. The first-order chi connectivity index (χ1) is 8.99. The number of anilines is 1. The van der Waals surface area contributed by atoms with Crippen LogP contribution in [0.5, 0.6) is 0 Å². The normalized spacial score (nSPS) is 14.7. The summed E-state index contributed by atoms with van der Waals surface area (Å²) in [6.45, 7) is 5.86. The Morgan fingerprint density at radius 3 is 2.79 bits per heavy atom. The van der Waals surface area contributed by atoms with Crippen molar-refractivity contribution >= 4 is 22.9 Å². The molecule has 4 nitrogen and oxygen atoms in total. The van der Waals surface area contributed by atoms with Gasteiger partial charge < -0.3 is 16.0 Å². The average molecular weight is 278 g/mol. The van der Waals surface area contributed by atoms with E-state index in [4.69, 9.17) is 18.0 Å². The van der Waals surface area contributed by atoms with Crippen LogP contribution in [0.25, 0.3) is 0 Å². The van der Waals surface area contributed by atoms with Gasteiger partial charge in [0.2, 0.25) is 0 Å². The van der Waals surface area contributed by atoms with Crippen molar-refractivity contribution in [3.63, 3.8) is 0 Å². The van der Waals surface area contributed by atoms with Gasteiger partial charge in [0.1, 0.15) is 4.99 Å². The summed E-state index contributed by atoms with van der Waals surface area (Å²) in [5.41, 5.74) is 9.54. The molecule has 3 N–H and O–H groups in total. The van der Waals surface area contributed by atoms with Gasteiger partial charge >= 0.3 is 0 Å². The number of nitrogens with one attached hydrogen (secondary N) is 1. The highest BCUT2D eigenvalue weighted by Gasteiger charge is 2.25. The molecule has 0 bridgehead atoms. The lowest BCUT2D eigenvalue weighted by Gasteiger charge is -2.18. The first-order valence-electron chi connectivity index (χ1n) is 6.71. The van der Waals surface area contributed by atoms with Crippen molar-refractivity contribution in [2.75, 3.05) is 25.5 Å². The topological polar surface area (TPSA) is 54.2 Å². The maximum atomic E-state index is 5.80. The summed E-state index contributed by atoms with van der Waals surface area (Å²) in [5, 5.41) is 3.44. The summed E-state index contributed by atoms with van der Waals surface area (Å²) < 4.78 is 0. The number of nitrogens with zero attached hydrogens (tertiary/aromatic N) is 2. The van der Waals surface area contributed by atoms with Crippen LogP contribution in [0.3, 0.4) is 0 Å². The monoisotopic (exact) mass is 278 g/mol. The van der Waals surface area contributed by atoms with Gasteiger partial charge in [-0.05, 0) is 39.8 Å². The standard InChI is InChI=1S/C14H22N4S/c1-9-8-12(13(14(15)19)10(2)17-9)16-6-7-18(3)11-4-5-11/h8,11H,4-7H2,1-3H3,(H2,15,19)(H,16,17). The van der Waals surface area contributed by atoms with Crippen molar-refractivity contribution in [1.29, 1.82) is 0 Å². The van der Waals surface area contributed by atoms with E-state index in [2.05, 4.69) is 22.2 Å².